The molecule has 0 aliphatic rings. The van der Waals surface area contributed by atoms with E-state index in [-0.39, 0.29) is 0 Å². The number of rotatable bonds is 3. The molecule has 0 aliphatic heterocycles. The van der Waals surface area contributed by atoms with Crippen molar-refractivity contribution in [1.82, 2.24) is 0 Å². The summed E-state index contributed by atoms with van der Waals surface area (Å²) in [5.74, 6) is 0. The number of aryl methyl sites for hydroxylation is 1. The second kappa shape index (κ2) is 5.36. The number of hydrogen-bond acceptors (Lipinski definition) is 3. The van der Waals surface area contributed by atoms with E-state index in [2.05, 4.69) is 30.4 Å². The third-order valence-electron chi connectivity index (χ3n) is 3.03. The van der Waals surface area contributed by atoms with Crippen molar-refractivity contribution in [2.75, 3.05) is 5.32 Å². The topological polar surface area (TPSA) is 44.6 Å². The Hall–Kier alpha value is -2.29. The molecule has 0 saturated heterocycles. The summed E-state index contributed by atoms with van der Waals surface area (Å²) in [4.78, 5) is 0. The van der Waals surface area contributed by atoms with Crippen molar-refractivity contribution < 1.29 is 5.21 Å². The van der Waals surface area contributed by atoms with E-state index >= 15 is 0 Å². The standard InChI is InChI=1S/C15H16N2O/c1-11-6-5-9-14(12(11)2)17-15-8-4-3-7-13(15)10-16-18/h3-10,17-18H,1-2H3. The van der Waals surface area contributed by atoms with Crippen LogP contribution in [0.15, 0.2) is 47.6 Å². The first-order chi connectivity index (χ1) is 8.72. The average Bonchev–Trinajstić information content (AvgIpc) is 2.37. The number of para-hydroxylation sites is 1. The van der Waals surface area contributed by atoms with Crippen molar-refractivity contribution in [3.8, 4) is 0 Å². The highest BCUT2D eigenvalue weighted by molar-refractivity contribution is 5.89. The van der Waals surface area contributed by atoms with Gasteiger partial charge in [0.1, 0.15) is 0 Å². The van der Waals surface area contributed by atoms with Gasteiger partial charge in [-0.3, -0.25) is 0 Å². The van der Waals surface area contributed by atoms with Crippen molar-refractivity contribution in [3.05, 3.63) is 59.2 Å². The first-order valence-corrected chi connectivity index (χ1v) is 5.82. The smallest absolute Gasteiger partial charge is 0.0754 e. The van der Waals surface area contributed by atoms with Crippen LogP contribution in [0.3, 0.4) is 0 Å². The van der Waals surface area contributed by atoms with Crippen LogP contribution in [0.25, 0.3) is 0 Å². The number of oxime groups is 1. The largest absolute Gasteiger partial charge is 0.411 e. The zero-order chi connectivity index (χ0) is 13.0. The van der Waals surface area contributed by atoms with Gasteiger partial charge in [-0.1, -0.05) is 35.5 Å². The quantitative estimate of drug-likeness (QED) is 0.486. The van der Waals surface area contributed by atoms with E-state index in [1.807, 2.05) is 36.4 Å². The molecular formula is C15H16N2O. The van der Waals surface area contributed by atoms with Gasteiger partial charge in [0.05, 0.1) is 6.21 Å². The Morgan fingerprint density at radius 3 is 2.50 bits per heavy atom. The SMILES string of the molecule is Cc1cccc(Nc2ccccc2C=NO)c1C. The van der Waals surface area contributed by atoms with Crippen LogP contribution in [0, 0.1) is 13.8 Å². The Bertz CT molecular complexity index is 576. The first kappa shape index (κ1) is 12.2. The molecule has 18 heavy (non-hydrogen) atoms. The third-order valence-corrected chi connectivity index (χ3v) is 3.03. The number of anilines is 2. The molecule has 0 aliphatic carbocycles. The molecule has 0 atom stereocenters. The van der Waals surface area contributed by atoms with E-state index in [0.29, 0.717) is 0 Å². The lowest BCUT2D eigenvalue weighted by molar-refractivity contribution is 0.322. The molecule has 2 aromatic rings. The Morgan fingerprint density at radius 2 is 1.72 bits per heavy atom. The minimum Gasteiger partial charge on any atom is -0.411 e. The van der Waals surface area contributed by atoms with E-state index in [4.69, 9.17) is 5.21 Å². The molecular weight excluding hydrogens is 224 g/mol. The van der Waals surface area contributed by atoms with E-state index in [1.165, 1.54) is 17.3 Å². The van der Waals surface area contributed by atoms with E-state index < -0.39 is 0 Å². The minimum atomic E-state index is 0.848. The number of hydrogen-bond donors (Lipinski definition) is 2. The summed E-state index contributed by atoms with van der Waals surface area (Å²) >= 11 is 0. The van der Waals surface area contributed by atoms with Crippen LogP contribution in [0.4, 0.5) is 11.4 Å². The van der Waals surface area contributed by atoms with Gasteiger partial charge >= 0.3 is 0 Å². The van der Waals surface area contributed by atoms with Crippen LogP contribution in [0.1, 0.15) is 16.7 Å². The fourth-order valence-electron chi connectivity index (χ4n) is 1.82. The van der Waals surface area contributed by atoms with Gasteiger partial charge in [0.2, 0.25) is 0 Å². The van der Waals surface area contributed by atoms with E-state index in [9.17, 15) is 0 Å². The highest BCUT2D eigenvalue weighted by atomic mass is 16.4. The molecule has 0 amide bonds. The number of nitrogens with one attached hydrogen (secondary N) is 1. The molecule has 92 valence electrons. The van der Waals surface area contributed by atoms with Crippen molar-refractivity contribution in [2.45, 2.75) is 13.8 Å². The summed E-state index contributed by atoms with van der Waals surface area (Å²) in [6, 6.07) is 13.9. The molecule has 0 bridgehead atoms. The van der Waals surface area contributed by atoms with Crippen molar-refractivity contribution in [2.24, 2.45) is 5.16 Å². The normalized spacial score (nSPS) is 10.8. The van der Waals surface area contributed by atoms with Crippen molar-refractivity contribution >= 4 is 17.6 Å². The van der Waals surface area contributed by atoms with Gasteiger partial charge in [-0.25, -0.2) is 0 Å². The maximum atomic E-state index is 8.65. The first-order valence-electron chi connectivity index (χ1n) is 5.82. The Morgan fingerprint density at radius 1 is 1.00 bits per heavy atom. The molecule has 0 spiro atoms. The monoisotopic (exact) mass is 240 g/mol. The molecule has 3 heteroatoms. The van der Waals surface area contributed by atoms with Gasteiger partial charge in [0.15, 0.2) is 0 Å². The maximum absolute atomic E-state index is 8.65. The molecule has 0 saturated carbocycles. The zero-order valence-electron chi connectivity index (χ0n) is 10.5. The van der Waals surface area contributed by atoms with Gasteiger partial charge < -0.3 is 10.5 Å². The van der Waals surface area contributed by atoms with Gasteiger partial charge in [0.25, 0.3) is 0 Å². The predicted molar refractivity (Wildman–Crippen MR) is 75.0 cm³/mol. The second-order valence-corrected chi connectivity index (χ2v) is 4.20. The van der Waals surface area contributed by atoms with Crippen LogP contribution >= 0.6 is 0 Å². The number of nitrogens with zero attached hydrogens (tertiary/aromatic N) is 1. The van der Waals surface area contributed by atoms with Gasteiger partial charge in [-0.15, -0.1) is 0 Å². The summed E-state index contributed by atoms with van der Waals surface area (Å²) in [6.07, 6.45) is 1.42. The molecule has 2 rings (SSSR count). The van der Waals surface area contributed by atoms with Crippen molar-refractivity contribution in [3.63, 3.8) is 0 Å². The van der Waals surface area contributed by atoms with Crippen LogP contribution in [0.2, 0.25) is 0 Å². The lowest BCUT2D eigenvalue weighted by Gasteiger charge is -2.13. The molecule has 3 nitrogen and oxygen atoms in total. The van der Waals surface area contributed by atoms with Crippen molar-refractivity contribution in [1.29, 1.82) is 0 Å². The van der Waals surface area contributed by atoms with Crippen LogP contribution in [-0.4, -0.2) is 11.4 Å². The zero-order valence-corrected chi connectivity index (χ0v) is 10.5. The summed E-state index contributed by atoms with van der Waals surface area (Å²) < 4.78 is 0. The van der Waals surface area contributed by atoms with Gasteiger partial charge in [-0.2, -0.15) is 0 Å². The summed E-state index contributed by atoms with van der Waals surface area (Å²) in [7, 11) is 0. The Balaban J connectivity index is 2.37. The van der Waals surface area contributed by atoms with E-state index in [1.54, 1.807) is 0 Å². The molecule has 2 aromatic carbocycles. The second-order valence-electron chi connectivity index (χ2n) is 4.20. The molecule has 0 heterocycles. The maximum Gasteiger partial charge on any atom is 0.0754 e. The molecule has 0 aromatic heterocycles. The Labute approximate surface area is 107 Å². The molecule has 0 fully saturated rings. The lowest BCUT2D eigenvalue weighted by Crippen LogP contribution is -1.98. The van der Waals surface area contributed by atoms with Gasteiger partial charge in [-0.05, 0) is 37.1 Å². The highest BCUT2D eigenvalue weighted by Crippen LogP contribution is 2.24. The average molecular weight is 240 g/mol. The Kier molecular flexibility index (Phi) is 3.63. The fourth-order valence-corrected chi connectivity index (χ4v) is 1.82. The molecule has 0 unspecified atom stereocenters. The van der Waals surface area contributed by atoms with Crippen LogP contribution in [0.5, 0.6) is 0 Å². The summed E-state index contributed by atoms with van der Waals surface area (Å²) in [5.41, 5.74) is 5.29. The van der Waals surface area contributed by atoms with Crippen LogP contribution < -0.4 is 5.32 Å². The van der Waals surface area contributed by atoms with Crippen LogP contribution in [-0.2, 0) is 0 Å². The third kappa shape index (κ3) is 2.51. The highest BCUT2D eigenvalue weighted by Gasteiger charge is 2.03. The summed E-state index contributed by atoms with van der Waals surface area (Å²) in [6.45, 7) is 4.17. The summed E-state index contributed by atoms with van der Waals surface area (Å²) in [5, 5.41) is 15.1. The minimum absolute atomic E-state index is 0.848. The van der Waals surface area contributed by atoms with E-state index in [0.717, 1.165) is 16.9 Å². The molecule has 2 N–H and O–H groups in total. The van der Waals surface area contributed by atoms with Gasteiger partial charge in [0, 0.05) is 16.9 Å². The fraction of sp³-hybridized carbons (Fsp3) is 0.133. The molecule has 0 radical (unpaired) electrons. The lowest BCUT2D eigenvalue weighted by atomic mass is 10.1. The predicted octanol–water partition coefficient (Wildman–Crippen LogP) is 3.86. The number of benzene rings is 2.